The molecule has 0 spiro atoms. The molecule has 19 heavy (non-hydrogen) atoms. The number of aromatic nitrogens is 1. The topological polar surface area (TPSA) is 34.4 Å². The van der Waals surface area contributed by atoms with Gasteiger partial charge in [0.2, 0.25) is 0 Å². The van der Waals surface area contributed by atoms with Gasteiger partial charge < -0.3 is 14.4 Å². The van der Waals surface area contributed by atoms with E-state index in [1.807, 2.05) is 33.8 Å². The number of fused-ring (bicyclic) bond motifs is 1. The van der Waals surface area contributed by atoms with Crippen molar-refractivity contribution in [3.05, 3.63) is 30.5 Å². The summed E-state index contributed by atoms with van der Waals surface area (Å²) in [6, 6.07) is 8.24. The molecule has 1 aromatic carbocycles. The highest BCUT2D eigenvalue weighted by molar-refractivity contribution is 5.81. The normalized spacial score (nSPS) is 12.3. The molecule has 0 fully saturated rings. The molecule has 0 saturated heterocycles. The molecular formula is C16H23NO2. The van der Waals surface area contributed by atoms with Crippen LogP contribution in [0.25, 0.3) is 10.9 Å². The molecule has 0 saturated carbocycles. The number of aryl methyl sites for hydroxylation is 1. The second-order valence-electron chi connectivity index (χ2n) is 5.96. The molecule has 0 bridgehead atoms. The van der Waals surface area contributed by atoms with Gasteiger partial charge in [0.25, 0.3) is 0 Å². The largest absolute Gasteiger partial charge is 0.491 e. The maximum atomic E-state index is 9.80. The summed E-state index contributed by atoms with van der Waals surface area (Å²) in [6.07, 6.45) is 2.99. The second kappa shape index (κ2) is 5.25. The molecule has 3 nitrogen and oxygen atoms in total. The molecule has 104 valence electrons. The number of rotatable bonds is 5. The smallest absolute Gasteiger partial charge is 0.120 e. The quantitative estimate of drug-likeness (QED) is 0.892. The summed E-state index contributed by atoms with van der Waals surface area (Å²) in [5, 5.41) is 11.0. The molecule has 0 aliphatic rings. The molecule has 0 aliphatic carbocycles. The summed E-state index contributed by atoms with van der Waals surface area (Å²) in [5.74, 6) is 0.905. The molecule has 1 heterocycles. The molecule has 0 unspecified atom stereocenters. The lowest BCUT2D eigenvalue weighted by atomic mass is 10.1. The Morgan fingerprint density at radius 3 is 2.63 bits per heavy atom. The van der Waals surface area contributed by atoms with Gasteiger partial charge in [0.1, 0.15) is 5.75 Å². The first-order valence-corrected chi connectivity index (χ1v) is 6.83. The SMILES string of the molecule is CC(C)Oc1ccc2c(ccn2CCC(C)(C)O)c1. The summed E-state index contributed by atoms with van der Waals surface area (Å²) in [4.78, 5) is 0. The van der Waals surface area contributed by atoms with Gasteiger partial charge in [0.15, 0.2) is 0 Å². The Morgan fingerprint density at radius 2 is 2.00 bits per heavy atom. The monoisotopic (exact) mass is 261 g/mol. The van der Waals surface area contributed by atoms with Gasteiger partial charge in [-0.1, -0.05) is 0 Å². The Labute approximate surface area is 114 Å². The standard InChI is InChI=1S/C16H23NO2/c1-12(2)19-14-5-6-15-13(11-14)7-9-17(15)10-8-16(3,4)18/h5-7,9,11-12,18H,8,10H2,1-4H3. The fraction of sp³-hybridized carbons (Fsp3) is 0.500. The van der Waals surface area contributed by atoms with Crippen molar-refractivity contribution in [2.75, 3.05) is 0 Å². The van der Waals surface area contributed by atoms with Crippen LogP contribution >= 0.6 is 0 Å². The van der Waals surface area contributed by atoms with E-state index in [4.69, 9.17) is 4.74 Å². The van der Waals surface area contributed by atoms with Gasteiger partial charge in [-0.05, 0) is 58.4 Å². The molecule has 1 aromatic heterocycles. The number of nitrogens with zero attached hydrogens (tertiary/aromatic N) is 1. The first-order valence-electron chi connectivity index (χ1n) is 6.83. The Kier molecular flexibility index (Phi) is 3.85. The Morgan fingerprint density at radius 1 is 1.26 bits per heavy atom. The first kappa shape index (κ1) is 13.9. The van der Waals surface area contributed by atoms with Crippen LogP contribution in [0.2, 0.25) is 0 Å². The van der Waals surface area contributed by atoms with Crippen LogP contribution < -0.4 is 4.74 Å². The average Bonchev–Trinajstić information content (AvgIpc) is 2.67. The third-order valence-corrected chi connectivity index (χ3v) is 3.08. The van der Waals surface area contributed by atoms with Gasteiger partial charge in [-0.2, -0.15) is 0 Å². The van der Waals surface area contributed by atoms with Crippen LogP contribution in [0.1, 0.15) is 34.1 Å². The van der Waals surface area contributed by atoms with Crippen LogP contribution in [0.5, 0.6) is 5.75 Å². The minimum absolute atomic E-state index is 0.190. The average molecular weight is 261 g/mol. The van der Waals surface area contributed by atoms with E-state index < -0.39 is 5.60 Å². The van der Waals surface area contributed by atoms with Gasteiger partial charge in [0, 0.05) is 23.6 Å². The number of aliphatic hydroxyl groups is 1. The predicted molar refractivity (Wildman–Crippen MR) is 78.6 cm³/mol. The number of hydrogen-bond donors (Lipinski definition) is 1. The van der Waals surface area contributed by atoms with Crippen LogP contribution in [-0.4, -0.2) is 21.4 Å². The van der Waals surface area contributed by atoms with Crippen molar-refractivity contribution in [3.8, 4) is 5.75 Å². The van der Waals surface area contributed by atoms with E-state index in [0.29, 0.717) is 0 Å². The second-order valence-corrected chi connectivity index (χ2v) is 5.96. The zero-order valence-corrected chi connectivity index (χ0v) is 12.2. The maximum absolute atomic E-state index is 9.80. The highest BCUT2D eigenvalue weighted by Gasteiger charge is 2.13. The summed E-state index contributed by atoms with van der Waals surface area (Å²) < 4.78 is 7.87. The van der Waals surface area contributed by atoms with Crippen LogP contribution in [0.3, 0.4) is 0 Å². The lowest BCUT2D eigenvalue weighted by Gasteiger charge is -2.17. The van der Waals surface area contributed by atoms with E-state index in [2.05, 4.69) is 29.0 Å². The number of ether oxygens (including phenoxy) is 1. The molecule has 2 rings (SSSR count). The molecule has 0 atom stereocenters. The van der Waals surface area contributed by atoms with E-state index in [1.165, 1.54) is 10.9 Å². The van der Waals surface area contributed by atoms with Gasteiger partial charge in [-0.25, -0.2) is 0 Å². The maximum Gasteiger partial charge on any atom is 0.120 e. The van der Waals surface area contributed by atoms with Crippen molar-refractivity contribution in [2.24, 2.45) is 0 Å². The predicted octanol–water partition coefficient (Wildman–Crippen LogP) is 3.59. The summed E-state index contributed by atoms with van der Waals surface area (Å²) in [7, 11) is 0. The molecule has 0 radical (unpaired) electrons. The molecule has 1 N–H and O–H groups in total. The van der Waals surface area contributed by atoms with Crippen LogP contribution in [0, 0.1) is 0 Å². The van der Waals surface area contributed by atoms with Crippen LogP contribution in [-0.2, 0) is 6.54 Å². The van der Waals surface area contributed by atoms with Gasteiger partial charge in [0.05, 0.1) is 11.7 Å². The Hall–Kier alpha value is -1.48. The first-order chi connectivity index (χ1) is 8.85. The van der Waals surface area contributed by atoms with E-state index in [1.54, 1.807) is 0 Å². The van der Waals surface area contributed by atoms with Crippen molar-refractivity contribution in [3.63, 3.8) is 0 Å². The molecule has 0 amide bonds. The Bertz CT molecular complexity index is 549. The fourth-order valence-corrected chi connectivity index (χ4v) is 2.11. The van der Waals surface area contributed by atoms with Gasteiger partial charge >= 0.3 is 0 Å². The summed E-state index contributed by atoms with van der Waals surface area (Å²) in [6.45, 7) is 8.55. The van der Waals surface area contributed by atoms with Crippen molar-refractivity contribution >= 4 is 10.9 Å². The van der Waals surface area contributed by atoms with Gasteiger partial charge in [-0.3, -0.25) is 0 Å². The fourth-order valence-electron chi connectivity index (χ4n) is 2.11. The van der Waals surface area contributed by atoms with Crippen LogP contribution in [0.15, 0.2) is 30.5 Å². The van der Waals surface area contributed by atoms with Gasteiger partial charge in [-0.15, -0.1) is 0 Å². The molecule has 0 aliphatic heterocycles. The minimum Gasteiger partial charge on any atom is -0.491 e. The van der Waals surface area contributed by atoms with Crippen molar-refractivity contribution < 1.29 is 9.84 Å². The molecule has 3 heteroatoms. The minimum atomic E-state index is -0.628. The Balaban J connectivity index is 2.19. The summed E-state index contributed by atoms with van der Waals surface area (Å²) in [5.41, 5.74) is 0.553. The van der Waals surface area contributed by atoms with E-state index >= 15 is 0 Å². The van der Waals surface area contributed by atoms with Crippen molar-refractivity contribution in [1.29, 1.82) is 0 Å². The third-order valence-electron chi connectivity index (χ3n) is 3.08. The highest BCUT2D eigenvalue weighted by Crippen LogP contribution is 2.23. The van der Waals surface area contributed by atoms with E-state index in [-0.39, 0.29) is 6.10 Å². The lowest BCUT2D eigenvalue weighted by Crippen LogP contribution is -2.20. The molecule has 2 aromatic rings. The third kappa shape index (κ3) is 3.74. The van der Waals surface area contributed by atoms with E-state index in [9.17, 15) is 5.11 Å². The van der Waals surface area contributed by atoms with Crippen molar-refractivity contribution in [2.45, 2.75) is 52.4 Å². The molecular weight excluding hydrogens is 238 g/mol. The zero-order chi connectivity index (χ0) is 14.0. The zero-order valence-electron chi connectivity index (χ0n) is 12.2. The van der Waals surface area contributed by atoms with Crippen LogP contribution in [0.4, 0.5) is 0 Å². The van der Waals surface area contributed by atoms with Crippen molar-refractivity contribution in [1.82, 2.24) is 4.57 Å². The number of benzene rings is 1. The lowest BCUT2D eigenvalue weighted by molar-refractivity contribution is 0.0666. The van der Waals surface area contributed by atoms with E-state index in [0.717, 1.165) is 18.7 Å². The highest BCUT2D eigenvalue weighted by atomic mass is 16.5. The summed E-state index contributed by atoms with van der Waals surface area (Å²) >= 11 is 0. The number of hydrogen-bond acceptors (Lipinski definition) is 2.